The van der Waals surface area contributed by atoms with Crippen molar-refractivity contribution in [3.8, 4) is 0 Å². The molecule has 1 rings (SSSR count). The highest BCUT2D eigenvalue weighted by atomic mass is 16.6. The molecule has 1 heterocycles. The van der Waals surface area contributed by atoms with Crippen molar-refractivity contribution in [1.82, 2.24) is 0 Å². The van der Waals surface area contributed by atoms with E-state index in [9.17, 15) is 0 Å². The van der Waals surface area contributed by atoms with Gasteiger partial charge in [-0.05, 0) is 24.2 Å². The van der Waals surface area contributed by atoms with Crippen LogP contribution in [0.2, 0.25) is 0 Å². The second kappa shape index (κ2) is 8.38. The van der Waals surface area contributed by atoms with Crippen LogP contribution in [0.3, 0.4) is 0 Å². The quantitative estimate of drug-likeness (QED) is 0.384. The van der Waals surface area contributed by atoms with E-state index >= 15 is 0 Å². The normalized spacial score (nSPS) is 23.9. The van der Waals surface area contributed by atoms with Crippen LogP contribution in [-0.4, -0.2) is 25.4 Å². The zero-order chi connectivity index (χ0) is 15.1. The Balaban J connectivity index is 2.06. The van der Waals surface area contributed by atoms with E-state index in [4.69, 9.17) is 9.47 Å². The molecule has 2 heteroatoms. The Hall–Kier alpha value is -0.0800. The molecule has 0 saturated carbocycles. The summed E-state index contributed by atoms with van der Waals surface area (Å²) in [4.78, 5) is 0. The van der Waals surface area contributed by atoms with E-state index in [0.717, 1.165) is 19.8 Å². The Morgan fingerprint density at radius 2 is 1.70 bits per heavy atom. The molecule has 2 unspecified atom stereocenters. The predicted molar refractivity (Wildman–Crippen MR) is 86.1 cm³/mol. The van der Waals surface area contributed by atoms with Gasteiger partial charge < -0.3 is 9.47 Å². The molecular formula is C18H36O2. The van der Waals surface area contributed by atoms with Crippen molar-refractivity contribution in [2.24, 2.45) is 11.3 Å². The van der Waals surface area contributed by atoms with Crippen LogP contribution in [0, 0.1) is 11.3 Å². The maximum Gasteiger partial charge on any atom is 0.117 e. The average molecular weight is 284 g/mol. The number of hydrogen-bond donors (Lipinski definition) is 0. The summed E-state index contributed by atoms with van der Waals surface area (Å²) in [5, 5.41) is 0. The Labute approximate surface area is 126 Å². The molecule has 1 aliphatic rings. The second-order valence-electron chi connectivity index (χ2n) is 7.84. The van der Waals surface area contributed by atoms with Gasteiger partial charge in [-0.2, -0.15) is 0 Å². The fourth-order valence-electron chi connectivity index (χ4n) is 2.94. The van der Waals surface area contributed by atoms with E-state index < -0.39 is 0 Å². The van der Waals surface area contributed by atoms with Gasteiger partial charge in [0, 0.05) is 6.61 Å². The molecule has 0 spiro atoms. The maximum atomic E-state index is 5.88. The summed E-state index contributed by atoms with van der Waals surface area (Å²) in [5.74, 6) is 0.590. The second-order valence-corrected chi connectivity index (χ2v) is 7.84. The standard InChI is InChI=1S/C18H36O2/c1-6-7-8-9-10-11-12-19-14-18(15-20-18)16(2)13-17(3,4)5/h16H,6-15H2,1-5H3. The Morgan fingerprint density at radius 1 is 1.10 bits per heavy atom. The van der Waals surface area contributed by atoms with Crippen LogP contribution < -0.4 is 0 Å². The molecule has 0 aliphatic carbocycles. The molecule has 0 aromatic rings. The molecular weight excluding hydrogens is 248 g/mol. The zero-order valence-corrected chi connectivity index (χ0v) is 14.5. The first-order valence-corrected chi connectivity index (χ1v) is 8.61. The van der Waals surface area contributed by atoms with Crippen LogP contribution in [0.5, 0.6) is 0 Å². The molecule has 0 amide bonds. The van der Waals surface area contributed by atoms with Crippen LogP contribution >= 0.6 is 0 Å². The van der Waals surface area contributed by atoms with Crippen molar-refractivity contribution >= 4 is 0 Å². The summed E-state index contributed by atoms with van der Waals surface area (Å²) in [6, 6.07) is 0. The summed E-state index contributed by atoms with van der Waals surface area (Å²) in [6.45, 7) is 14.1. The first-order chi connectivity index (χ1) is 9.40. The lowest BCUT2D eigenvalue weighted by atomic mass is 9.80. The SMILES string of the molecule is CCCCCCCCOCC1(C(C)CC(C)(C)C)CO1. The van der Waals surface area contributed by atoms with Gasteiger partial charge in [-0.15, -0.1) is 0 Å². The summed E-state index contributed by atoms with van der Waals surface area (Å²) < 4.78 is 11.6. The number of unbranched alkanes of at least 4 members (excludes halogenated alkanes) is 5. The van der Waals surface area contributed by atoms with Crippen molar-refractivity contribution in [3.63, 3.8) is 0 Å². The van der Waals surface area contributed by atoms with Crippen molar-refractivity contribution in [2.75, 3.05) is 19.8 Å². The summed E-state index contributed by atoms with van der Waals surface area (Å²) in [5.41, 5.74) is 0.410. The van der Waals surface area contributed by atoms with Gasteiger partial charge in [-0.3, -0.25) is 0 Å². The molecule has 1 saturated heterocycles. The lowest BCUT2D eigenvalue weighted by molar-refractivity contribution is 0.0436. The lowest BCUT2D eigenvalue weighted by Crippen LogP contribution is -2.31. The van der Waals surface area contributed by atoms with Gasteiger partial charge in [0.25, 0.3) is 0 Å². The molecule has 1 aliphatic heterocycles. The van der Waals surface area contributed by atoms with Crippen LogP contribution in [0.25, 0.3) is 0 Å². The van der Waals surface area contributed by atoms with Crippen LogP contribution in [-0.2, 0) is 9.47 Å². The zero-order valence-electron chi connectivity index (χ0n) is 14.5. The highest BCUT2D eigenvalue weighted by molar-refractivity contribution is 4.97. The molecule has 0 aromatic heterocycles. The van der Waals surface area contributed by atoms with Gasteiger partial charge in [0.05, 0.1) is 13.2 Å². The maximum absolute atomic E-state index is 5.88. The Bertz CT molecular complexity index is 251. The fraction of sp³-hybridized carbons (Fsp3) is 1.00. The molecule has 1 fully saturated rings. The minimum Gasteiger partial charge on any atom is -0.378 e. The number of ether oxygens (including phenoxy) is 2. The van der Waals surface area contributed by atoms with Crippen LogP contribution in [0.4, 0.5) is 0 Å². The van der Waals surface area contributed by atoms with E-state index in [0.29, 0.717) is 11.3 Å². The van der Waals surface area contributed by atoms with E-state index in [-0.39, 0.29) is 5.60 Å². The van der Waals surface area contributed by atoms with Gasteiger partial charge in [0.1, 0.15) is 5.60 Å². The summed E-state index contributed by atoms with van der Waals surface area (Å²) >= 11 is 0. The summed E-state index contributed by atoms with van der Waals surface area (Å²) in [6.07, 6.45) is 9.15. The van der Waals surface area contributed by atoms with Crippen molar-refractivity contribution in [2.45, 2.75) is 85.2 Å². The third kappa shape index (κ3) is 7.08. The first kappa shape index (κ1) is 18.0. The van der Waals surface area contributed by atoms with E-state index in [1.165, 1.54) is 44.9 Å². The topological polar surface area (TPSA) is 21.8 Å². The van der Waals surface area contributed by atoms with Crippen LogP contribution in [0.1, 0.15) is 79.6 Å². The van der Waals surface area contributed by atoms with Crippen molar-refractivity contribution in [1.29, 1.82) is 0 Å². The molecule has 0 N–H and O–H groups in total. The predicted octanol–water partition coefficient (Wildman–Crippen LogP) is 5.20. The third-order valence-electron chi connectivity index (χ3n) is 4.32. The largest absolute Gasteiger partial charge is 0.378 e. The molecule has 2 atom stereocenters. The minimum absolute atomic E-state index is 0.0372. The van der Waals surface area contributed by atoms with Gasteiger partial charge >= 0.3 is 0 Å². The smallest absolute Gasteiger partial charge is 0.117 e. The van der Waals surface area contributed by atoms with Gasteiger partial charge in [0.2, 0.25) is 0 Å². The lowest BCUT2D eigenvalue weighted by Gasteiger charge is -2.27. The van der Waals surface area contributed by atoms with Crippen molar-refractivity contribution in [3.05, 3.63) is 0 Å². The fourth-order valence-corrected chi connectivity index (χ4v) is 2.94. The molecule has 0 bridgehead atoms. The Morgan fingerprint density at radius 3 is 2.25 bits per heavy atom. The number of hydrogen-bond acceptors (Lipinski definition) is 2. The monoisotopic (exact) mass is 284 g/mol. The van der Waals surface area contributed by atoms with Gasteiger partial charge in [-0.1, -0.05) is 66.7 Å². The number of rotatable bonds is 11. The van der Waals surface area contributed by atoms with Gasteiger partial charge in [-0.25, -0.2) is 0 Å². The molecule has 2 nitrogen and oxygen atoms in total. The molecule has 120 valence electrons. The number of epoxide rings is 1. The molecule has 20 heavy (non-hydrogen) atoms. The van der Waals surface area contributed by atoms with Crippen molar-refractivity contribution < 1.29 is 9.47 Å². The van der Waals surface area contributed by atoms with E-state index in [1.54, 1.807) is 0 Å². The molecule has 0 aromatic carbocycles. The highest BCUT2D eigenvalue weighted by Crippen LogP contribution is 2.41. The van der Waals surface area contributed by atoms with E-state index in [1.807, 2.05) is 0 Å². The van der Waals surface area contributed by atoms with Crippen LogP contribution in [0.15, 0.2) is 0 Å². The third-order valence-corrected chi connectivity index (χ3v) is 4.32. The minimum atomic E-state index is 0.0372. The Kier molecular flexibility index (Phi) is 7.53. The van der Waals surface area contributed by atoms with E-state index in [2.05, 4.69) is 34.6 Å². The molecule has 0 radical (unpaired) electrons. The average Bonchev–Trinajstić information content (AvgIpc) is 3.12. The highest BCUT2D eigenvalue weighted by Gasteiger charge is 2.50. The first-order valence-electron chi connectivity index (χ1n) is 8.61. The van der Waals surface area contributed by atoms with Gasteiger partial charge in [0.15, 0.2) is 0 Å². The summed E-state index contributed by atoms with van der Waals surface area (Å²) in [7, 11) is 0.